The maximum Gasteiger partial charge on any atom is 0.223 e. The molecule has 2 aliphatic rings. The van der Waals surface area contributed by atoms with Crippen molar-refractivity contribution in [1.29, 1.82) is 0 Å². The number of hydrogen-bond acceptors (Lipinski definition) is 4. The number of thioether (sulfide) groups is 1. The first-order chi connectivity index (χ1) is 14.7. The van der Waals surface area contributed by atoms with Gasteiger partial charge in [0.2, 0.25) is 5.91 Å². The number of halogens is 1. The summed E-state index contributed by atoms with van der Waals surface area (Å²) < 4.78 is 0. The number of benzene rings is 2. The zero-order valence-corrected chi connectivity index (χ0v) is 19.0. The van der Waals surface area contributed by atoms with Gasteiger partial charge in [0.1, 0.15) is 0 Å². The molecular weight excluding hydrogens is 414 g/mol. The van der Waals surface area contributed by atoms with Gasteiger partial charge >= 0.3 is 0 Å². The van der Waals surface area contributed by atoms with Gasteiger partial charge < -0.3 is 9.80 Å². The number of hydrogen-bond donors (Lipinski definition) is 0. The Morgan fingerprint density at radius 3 is 2.37 bits per heavy atom. The Kier molecular flexibility index (Phi) is 7.58. The van der Waals surface area contributed by atoms with Gasteiger partial charge in [-0.2, -0.15) is 0 Å². The van der Waals surface area contributed by atoms with Crippen LogP contribution in [-0.4, -0.2) is 66.8 Å². The summed E-state index contributed by atoms with van der Waals surface area (Å²) in [5.74, 6) is 0.315. The largest absolute Gasteiger partial charge is 0.369 e. The number of nitrogens with zero attached hydrogens (tertiary/aromatic N) is 3. The van der Waals surface area contributed by atoms with Crippen molar-refractivity contribution in [3.05, 3.63) is 59.6 Å². The van der Waals surface area contributed by atoms with Crippen LogP contribution in [0, 0.1) is 0 Å². The van der Waals surface area contributed by atoms with Crippen molar-refractivity contribution in [2.45, 2.75) is 29.4 Å². The van der Waals surface area contributed by atoms with Crippen LogP contribution < -0.4 is 4.90 Å². The van der Waals surface area contributed by atoms with Crippen LogP contribution in [0.2, 0.25) is 5.02 Å². The molecule has 4 nitrogen and oxygen atoms in total. The van der Waals surface area contributed by atoms with Gasteiger partial charge in [0.15, 0.2) is 0 Å². The highest BCUT2D eigenvalue weighted by atomic mass is 35.5. The minimum atomic E-state index is 0.315. The topological polar surface area (TPSA) is 26.8 Å². The molecule has 0 spiro atoms. The van der Waals surface area contributed by atoms with E-state index in [4.69, 9.17) is 11.6 Å². The van der Waals surface area contributed by atoms with Gasteiger partial charge in [-0.1, -0.05) is 35.9 Å². The third-order valence-electron chi connectivity index (χ3n) is 6.03. The summed E-state index contributed by atoms with van der Waals surface area (Å²) in [6.45, 7) is 6.61. The molecule has 0 aromatic heterocycles. The predicted molar refractivity (Wildman–Crippen MR) is 127 cm³/mol. The highest BCUT2D eigenvalue weighted by molar-refractivity contribution is 8.00. The van der Waals surface area contributed by atoms with Crippen molar-refractivity contribution >= 4 is 35.0 Å². The van der Waals surface area contributed by atoms with Crippen molar-refractivity contribution in [1.82, 2.24) is 9.80 Å². The number of anilines is 1. The Hall–Kier alpha value is -1.69. The fourth-order valence-corrected chi connectivity index (χ4v) is 5.56. The second kappa shape index (κ2) is 10.6. The van der Waals surface area contributed by atoms with Crippen LogP contribution in [-0.2, 0) is 4.79 Å². The average Bonchev–Trinajstić information content (AvgIpc) is 2.79. The SMILES string of the molecule is O=C(CCN1CCN(c2cccc(Cl)c2)CC1)N1CCC(Sc2ccccc2)CC1. The second-order valence-electron chi connectivity index (χ2n) is 8.07. The fraction of sp³-hybridized carbons (Fsp3) is 0.458. The van der Waals surface area contributed by atoms with Gasteiger partial charge in [0, 0.05) is 73.1 Å². The van der Waals surface area contributed by atoms with E-state index in [0.717, 1.165) is 63.7 Å². The van der Waals surface area contributed by atoms with Crippen molar-refractivity contribution in [2.75, 3.05) is 50.7 Å². The molecular formula is C24H30ClN3OS. The molecule has 6 heteroatoms. The molecule has 2 saturated heterocycles. The van der Waals surface area contributed by atoms with E-state index in [2.05, 4.69) is 51.1 Å². The first kappa shape index (κ1) is 21.5. The van der Waals surface area contributed by atoms with Gasteiger partial charge in [0.05, 0.1) is 0 Å². The quantitative estimate of drug-likeness (QED) is 0.650. The van der Waals surface area contributed by atoms with E-state index in [-0.39, 0.29) is 0 Å². The van der Waals surface area contributed by atoms with Crippen molar-refractivity contribution in [3.8, 4) is 0 Å². The highest BCUT2D eigenvalue weighted by Crippen LogP contribution is 2.30. The van der Waals surface area contributed by atoms with E-state index in [0.29, 0.717) is 17.6 Å². The van der Waals surface area contributed by atoms with Crippen molar-refractivity contribution in [2.24, 2.45) is 0 Å². The maximum absolute atomic E-state index is 12.7. The number of likely N-dealkylation sites (tertiary alicyclic amines) is 1. The Bertz CT molecular complexity index is 818. The predicted octanol–water partition coefficient (Wildman–Crippen LogP) is 4.64. The lowest BCUT2D eigenvalue weighted by Crippen LogP contribution is -2.47. The van der Waals surface area contributed by atoms with Crippen molar-refractivity contribution in [3.63, 3.8) is 0 Å². The average molecular weight is 444 g/mol. The van der Waals surface area contributed by atoms with Crippen LogP contribution in [0.4, 0.5) is 5.69 Å². The summed E-state index contributed by atoms with van der Waals surface area (Å²) in [5.41, 5.74) is 1.19. The lowest BCUT2D eigenvalue weighted by molar-refractivity contribution is -0.132. The van der Waals surface area contributed by atoms with Gasteiger partial charge in [-0.15, -0.1) is 11.8 Å². The number of piperazine rings is 1. The van der Waals surface area contributed by atoms with Crippen LogP contribution in [0.3, 0.4) is 0 Å². The Balaban J connectivity index is 1.15. The Morgan fingerprint density at radius 1 is 0.933 bits per heavy atom. The van der Waals surface area contributed by atoms with E-state index in [1.54, 1.807) is 0 Å². The van der Waals surface area contributed by atoms with Crippen molar-refractivity contribution < 1.29 is 4.79 Å². The standard InChI is InChI=1S/C24H30ClN3OS/c25-20-5-4-6-21(19-20)27-17-15-26(16-18-27)12-11-24(29)28-13-9-23(10-14-28)30-22-7-2-1-3-8-22/h1-8,19,23H,9-18H2. The number of piperidine rings is 1. The van der Waals surface area contributed by atoms with Crippen LogP contribution in [0.5, 0.6) is 0 Å². The highest BCUT2D eigenvalue weighted by Gasteiger charge is 2.24. The maximum atomic E-state index is 12.7. The normalized spacial score (nSPS) is 18.6. The lowest BCUT2D eigenvalue weighted by Gasteiger charge is -2.37. The molecule has 1 amide bonds. The van der Waals surface area contributed by atoms with Gasteiger partial charge in [-0.05, 0) is 43.2 Å². The summed E-state index contributed by atoms with van der Waals surface area (Å²) in [6, 6.07) is 18.7. The fourth-order valence-electron chi connectivity index (χ4n) is 4.23. The molecule has 2 fully saturated rings. The van der Waals surface area contributed by atoms with Crippen LogP contribution in [0.1, 0.15) is 19.3 Å². The zero-order valence-electron chi connectivity index (χ0n) is 17.4. The first-order valence-corrected chi connectivity index (χ1v) is 12.2. The van der Waals surface area contributed by atoms with Gasteiger partial charge in [-0.3, -0.25) is 9.69 Å². The molecule has 0 atom stereocenters. The summed E-state index contributed by atoms with van der Waals surface area (Å²) in [6.07, 6.45) is 2.81. The second-order valence-corrected chi connectivity index (χ2v) is 9.88. The monoisotopic (exact) mass is 443 g/mol. The van der Waals surface area contributed by atoms with E-state index in [1.165, 1.54) is 10.6 Å². The summed E-state index contributed by atoms with van der Waals surface area (Å²) in [5, 5.41) is 1.41. The Morgan fingerprint density at radius 2 is 1.67 bits per heavy atom. The molecule has 0 unspecified atom stereocenters. The molecule has 0 saturated carbocycles. The zero-order chi connectivity index (χ0) is 20.8. The molecule has 2 heterocycles. The number of rotatable bonds is 6. The third-order valence-corrected chi connectivity index (χ3v) is 7.61. The molecule has 4 rings (SSSR count). The van der Waals surface area contributed by atoms with Crippen LogP contribution in [0.25, 0.3) is 0 Å². The van der Waals surface area contributed by atoms with Gasteiger partial charge in [0.25, 0.3) is 0 Å². The van der Waals surface area contributed by atoms with E-state index < -0.39 is 0 Å². The smallest absolute Gasteiger partial charge is 0.223 e. The number of amides is 1. The number of carbonyl (C=O) groups is 1. The molecule has 30 heavy (non-hydrogen) atoms. The summed E-state index contributed by atoms with van der Waals surface area (Å²) >= 11 is 8.07. The summed E-state index contributed by atoms with van der Waals surface area (Å²) in [7, 11) is 0. The molecule has 2 aromatic carbocycles. The minimum absolute atomic E-state index is 0.315. The van der Waals surface area contributed by atoms with E-state index in [9.17, 15) is 4.79 Å². The van der Waals surface area contributed by atoms with Gasteiger partial charge in [-0.25, -0.2) is 0 Å². The molecule has 2 aromatic rings. The van der Waals surface area contributed by atoms with E-state index >= 15 is 0 Å². The third kappa shape index (κ3) is 5.93. The molecule has 2 aliphatic heterocycles. The minimum Gasteiger partial charge on any atom is -0.369 e. The van der Waals surface area contributed by atoms with Crippen LogP contribution in [0.15, 0.2) is 59.5 Å². The summed E-state index contributed by atoms with van der Waals surface area (Å²) in [4.78, 5) is 20.9. The molecule has 160 valence electrons. The Labute approximate surface area is 189 Å². The molecule has 0 N–H and O–H groups in total. The molecule has 0 radical (unpaired) electrons. The van der Waals surface area contributed by atoms with E-state index in [1.807, 2.05) is 30.0 Å². The molecule has 0 aliphatic carbocycles. The van der Waals surface area contributed by atoms with Crippen LogP contribution >= 0.6 is 23.4 Å². The number of carbonyl (C=O) groups excluding carboxylic acids is 1. The lowest BCUT2D eigenvalue weighted by atomic mass is 10.1. The molecule has 0 bridgehead atoms. The first-order valence-electron chi connectivity index (χ1n) is 10.9.